The van der Waals surface area contributed by atoms with E-state index in [1.165, 1.54) is 6.07 Å². The predicted molar refractivity (Wildman–Crippen MR) is 44.5 cm³/mol. The molecular formula is C8H7F2NO3. The Morgan fingerprint density at radius 1 is 1.50 bits per heavy atom. The number of phenols is 1. The number of hydrogen-bond donors (Lipinski definition) is 2. The van der Waals surface area contributed by atoms with Gasteiger partial charge < -0.3 is 15.6 Å². The van der Waals surface area contributed by atoms with E-state index < -0.39 is 18.1 Å². The average molecular weight is 203 g/mol. The summed E-state index contributed by atoms with van der Waals surface area (Å²) in [5.74, 6) is -1.11. The number of carbonyl (C=O) groups excluding carboxylic acids is 1. The van der Waals surface area contributed by atoms with Crippen LogP contribution in [0.15, 0.2) is 12.1 Å². The van der Waals surface area contributed by atoms with Crippen molar-refractivity contribution in [3.05, 3.63) is 17.7 Å². The molecule has 0 bridgehead atoms. The standard InChI is InChI=1S/C8H7F2NO3/c9-8(10)14-5-2-1-4(3-12)6(11)7(5)13/h1-3,8,13H,11H2. The third-order valence-electron chi connectivity index (χ3n) is 1.56. The molecule has 0 aliphatic carbocycles. The van der Waals surface area contributed by atoms with Crippen LogP contribution in [-0.2, 0) is 0 Å². The van der Waals surface area contributed by atoms with Gasteiger partial charge in [0, 0.05) is 5.56 Å². The summed E-state index contributed by atoms with van der Waals surface area (Å²) in [6.07, 6.45) is 0.404. The van der Waals surface area contributed by atoms with Gasteiger partial charge in [0.2, 0.25) is 0 Å². The number of nitrogens with two attached hydrogens (primary N) is 1. The predicted octanol–water partition coefficient (Wildman–Crippen LogP) is 1.39. The molecule has 0 atom stereocenters. The summed E-state index contributed by atoms with van der Waals surface area (Å²) < 4.78 is 27.5. The molecule has 3 N–H and O–H groups in total. The van der Waals surface area contributed by atoms with Gasteiger partial charge in [-0.05, 0) is 12.1 Å². The van der Waals surface area contributed by atoms with E-state index in [9.17, 15) is 18.7 Å². The highest BCUT2D eigenvalue weighted by atomic mass is 19.3. The number of anilines is 1. The molecule has 0 amide bonds. The van der Waals surface area contributed by atoms with E-state index in [1.54, 1.807) is 0 Å². The normalized spacial score (nSPS) is 10.2. The van der Waals surface area contributed by atoms with Crippen molar-refractivity contribution in [1.82, 2.24) is 0 Å². The van der Waals surface area contributed by atoms with Crippen molar-refractivity contribution in [3.63, 3.8) is 0 Å². The number of alkyl halides is 2. The fourth-order valence-corrected chi connectivity index (χ4v) is 0.897. The topological polar surface area (TPSA) is 72.6 Å². The Bertz CT molecular complexity index is 355. The van der Waals surface area contributed by atoms with E-state index in [0.717, 1.165) is 6.07 Å². The minimum Gasteiger partial charge on any atom is -0.503 e. The number of hydrogen-bond acceptors (Lipinski definition) is 4. The van der Waals surface area contributed by atoms with Gasteiger partial charge in [0.1, 0.15) is 0 Å². The summed E-state index contributed by atoms with van der Waals surface area (Å²) in [6, 6.07) is 2.22. The summed E-state index contributed by atoms with van der Waals surface area (Å²) in [6.45, 7) is -3.05. The Morgan fingerprint density at radius 3 is 2.64 bits per heavy atom. The van der Waals surface area contributed by atoms with Crippen LogP contribution in [0.2, 0.25) is 0 Å². The molecule has 0 unspecified atom stereocenters. The van der Waals surface area contributed by atoms with Gasteiger partial charge in [-0.1, -0.05) is 0 Å². The number of aldehydes is 1. The molecule has 6 heteroatoms. The first-order chi connectivity index (χ1) is 6.56. The molecule has 0 heterocycles. The summed E-state index contributed by atoms with van der Waals surface area (Å²) in [7, 11) is 0. The van der Waals surface area contributed by atoms with Crippen LogP contribution in [0.1, 0.15) is 10.4 Å². The number of benzene rings is 1. The van der Waals surface area contributed by atoms with Crippen LogP contribution >= 0.6 is 0 Å². The molecule has 0 fully saturated rings. The van der Waals surface area contributed by atoms with Crippen LogP contribution in [0.25, 0.3) is 0 Å². The second-order valence-corrected chi connectivity index (χ2v) is 2.41. The fourth-order valence-electron chi connectivity index (χ4n) is 0.897. The van der Waals surface area contributed by atoms with Crippen LogP contribution in [0.4, 0.5) is 14.5 Å². The molecule has 0 aliphatic heterocycles. The maximum atomic E-state index is 11.8. The summed E-state index contributed by atoms with van der Waals surface area (Å²) in [5, 5.41) is 9.22. The van der Waals surface area contributed by atoms with Crippen molar-refractivity contribution in [1.29, 1.82) is 0 Å². The molecule has 1 aromatic rings. The molecule has 0 spiro atoms. The first-order valence-electron chi connectivity index (χ1n) is 3.57. The smallest absolute Gasteiger partial charge is 0.387 e. The number of halogens is 2. The van der Waals surface area contributed by atoms with Gasteiger partial charge in [0.15, 0.2) is 17.8 Å². The van der Waals surface area contributed by atoms with Crippen molar-refractivity contribution in [2.45, 2.75) is 6.61 Å². The zero-order valence-corrected chi connectivity index (χ0v) is 6.91. The van der Waals surface area contributed by atoms with E-state index in [-0.39, 0.29) is 11.3 Å². The lowest BCUT2D eigenvalue weighted by atomic mass is 10.2. The van der Waals surface area contributed by atoms with Gasteiger partial charge in [-0.25, -0.2) is 0 Å². The number of phenolic OH excluding ortho intramolecular Hbond substituents is 1. The van der Waals surface area contributed by atoms with Gasteiger partial charge in [-0.15, -0.1) is 0 Å². The third kappa shape index (κ3) is 1.90. The highest BCUT2D eigenvalue weighted by molar-refractivity contribution is 5.86. The van der Waals surface area contributed by atoms with Crippen molar-refractivity contribution >= 4 is 12.0 Å². The lowest BCUT2D eigenvalue weighted by Gasteiger charge is -2.09. The van der Waals surface area contributed by atoms with E-state index in [4.69, 9.17) is 5.73 Å². The average Bonchev–Trinajstić information content (AvgIpc) is 2.13. The minimum atomic E-state index is -3.05. The van der Waals surface area contributed by atoms with Gasteiger partial charge in [0.25, 0.3) is 0 Å². The van der Waals surface area contributed by atoms with Crippen molar-refractivity contribution < 1.29 is 23.4 Å². The maximum Gasteiger partial charge on any atom is 0.387 e. The Balaban J connectivity index is 3.10. The van der Waals surface area contributed by atoms with E-state index in [0.29, 0.717) is 6.29 Å². The number of aromatic hydroxyl groups is 1. The Morgan fingerprint density at radius 2 is 2.14 bits per heavy atom. The zero-order chi connectivity index (χ0) is 10.7. The Labute approximate surface area is 77.9 Å². The van der Waals surface area contributed by atoms with Crippen molar-refractivity contribution in [2.75, 3.05) is 5.73 Å². The molecular weight excluding hydrogens is 196 g/mol. The zero-order valence-electron chi connectivity index (χ0n) is 6.91. The van der Waals surface area contributed by atoms with Crippen molar-refractivity contribution in [2.24, 2.45) is 0 Å². The van der Waals surface area contributed by atoms with Crippen molar-refractivity contribution in [3.8, 4) is 11.5 Å². The minimum absolute atomic E-state index is 0.0177. The molecule has 0 saturated heterocycles. The molecule has 4 nitrogen and oxygen atoms in total. The van der Waals surface area contributed by atoms with Crippen LogP contribution in [0.5, 0.6) is 11.5 Å². The fraction of sp³-hybridized carbons (Fsp3) is 0.125. The highest BCUT2D eigenvalue weighted by Crippen LogP contribution is 2.34. The highest BCUT2D eigenvalue weighted by Gasteiger charge is 2.13. The molecule has 0 saturated carbocycles. The number of rotatable bonds is 3. The third-order valence-corrected chi connectivity index (χ3v) is 1.56. The first-order valence-corrected chi connectivity index (χ1v) is 3.57. The van der Waals surface area contributed by atoms with E-state index in [2.05, 4.69) is 4.74 Å². The van der Waals surface area contributed by atoms with Crippen LogP contribution in [0.3, 0.4) is 0 Å². The first kappa shape index (κ1) is 10.2. The molecule has 14 heavy (non-hydrogen) atoms. The Hall–Kier alpha value is -1.85. The van der Waals surface area contributed by atoms with Crippen LogP contribution in [-0.4, -0.2) is 18.0 Å². The van der Waals surface area contributed by atoms with Gasteiger partial charge >= 0.3 is 6.61 Å². The monoisotopic (exact) mass is 203 g/mol. The van der Waals surface area contributed by atoms with Gasteiger partial charge in [0.05, 0.1) is 5.69 Å². The molecule has 0 radical (unpaired) electrons. The lowest BCUT2D eigenvalue weighted by Crippen LogP contribution is -2.03. The molecule has 1 rings (SSSR count). The van der Waals surface area contributed by atoms with Gasteiger partial charge in [-0.3, -0.25) is 4.79 Å². The van der Waals surface area contributed by atoms with Crippen LogP contribution in [0, 0.1) is 0 Å². The summed E-state index contributed by atoms with van der Waals surface area (Å²) in [5.41, 5.74) is 5.00. The largest absolute Gasteiger partial charge is 0.503 e. The number of nitrogen functional groups attached to an aromatic ring is 1. The SMILES string of the molecule is Nc1c(C=O)ccc(OC(F)F)c1O. The second-order valence-electron chi connectivity index (χ2n) is 2.41. The van der Waals surface area contributed by atoms with Gasteiger partial charge in [-0.2, -0.15) is 8.78 Å². The second kappa shape index (κ2) is 3.91. The van der Waals surface area contributed by atoms with Crippen LogP contribution < -0.4 is 10.5 Å². The molecule has 1 aromatic carbocycles. The van der Waals surface area contributed by atoms with E-state index >= 15 is 0 Å². The molecule has 0 aromatic heterocycles. The number of ether oxygens (including phenoxy) is 1. The quantitative estimate of drug-likeness (QED) is 0.442. The maximum absolute atomic E-state index is 11.8. The van der Waals surface area contributed by atoms with E-state index in [1.807, 2.05) is 0 Å². The molecule has 0 aliphatic rings. The summed E-state index contributed by atoms with van der Waals surface area (Å²) in [4.78, 5) is 10.3. The lowest BCUT2D eigenvalue weighted by molar-refractivity contribution is -0.0511. The Kier molecular flexibility index (Phi) is 2.85. The number of carbonyl (C=O) groups is 1. The molecule has 76 valence electrons. The summed E-state index contributed by atoms with van der Waals surface area (Å²) >= 11 is 0.